The number of aryl methyl sites for hydroxylation is 2. The van der Waals surface area contributed by atoms with Crippen molar-refractivity contribution in [3.05, 3.63) is 47.5 Å². The van der Waals surface area contributed by atoms with Crippen LogP contribution < -0.4 is 0 Å². The molecule has 2 aliphatic rings. The van der Waals surface area contributed by atoms with Gasteiger partial charge in [0, 0.05) is 13.5 Å². The van der Waals surface area contributed by atoms with E-state index in [1.807, 2.05) is 24.3 Å². The lowest BCUT2D eigenvalue weighted by Crippen LogP contribution is -2.37. The number of carbonyl (C=O) groups is 2. The Morgan fingerprint density at radius 2 is 2.09 bits per heavy atom. The third-order valence-electron chi connectivity index (χ3n) is 4.87. The Morgan fingerprint density at radius 1 is 1.27 bits per heavy atom. The standard InChI is InChI=1S/C16H16N4O2/c1-19-10-17-18-13(19)9-20-14(21)8-16(15(20)22)7-6-11-4-2-3-5-12(11)16/h2-5,10H,6-9H2,1H3/t16-/m0/s1. The molecule has 1 fully saturated rings. The van der Waals surface area contributed by atoms with Crippen LogP contribution in [0.5, 0.6) is 0 Å². The highest BCUT2D eigenvalue weighted by Gasteiger charge is 2.55. The highest BCUT2D eigenvalue weighted by atomic mass is 16.2. The molecule has 4 rings (SSSR count). The zero-order valence-corrected chi connectivity index (χ0v) is 12.3. The number of hydrogen-bond donors (Lipinski definition) is 0. The van der Waals surface area contributed by atoms with Gasteiger partial charge in [-0.1, -0.05) is 24.3 Å². The molecule has 1 aliphatic carbocycles. The van der Waals surface area contributed by atoms with Crippen molar-refractivity contribution < 1.29 is 9.59 Å². The first-order valence-electron chi connectivity index (χ1n) is 7.38. The molecule has 2 aromatic rings. The molecule has 1 atom stereocenters. The van der Waals surface area contributed by atoms with Crippen molar-refractivity contribution >= 4 is 11.8 Å². The fourth-order valence-electron chi connectivity index (χ4n) is 3.65. The molecule has 6 heteroatoms. The van der Waals surface area contributed by atoms with Crippen LogP contribution in [0.3, 0.4) is 0 Å². The van der Waals surface area contributed by atoms with E-state index in [0.29, 0.717) is 12.2 Å². The van der Waals surface area contributed by atoms with E-state index < -0.39 is 5.41 Å². The molecule has 22 heavy (non-hydrogen) atoms. The number of fused-ring (bicyclic) bond motifs is 2. The van der Waals surface area contributed by atoms with Gasteiger partial charge in [-0.15, -0.1) is 10.2 Å². The molecule has 6 nitrogen and oxygen atoms in total. The van der Waals surface area contributed by atoms with Crippen molar-refractivity contribution in [2.24, 2.45) is 7.05 Å². The third kappa shape index (κ3) is 1.66. The summed E-state index contributed by atoms with van der Waals surface area (Å²) >= 11 is 0. The van der Waals surface area contributed by atoms with Gasteiger partial charge in [0.2, 0.25) is 11.8 Å². The highest BCUT2D eigenvalue weighted by molar-refractivity contribution is 6.09. The number of carbonyl (C=O) groups excluding carboxylic acids is 2. The van der Waals surface area contributed by atoms with Crippen molar-refractivity contribution in [1.29, 1.82) is 0 Å². The second-order valence-electron chi connectivity index (χ2n) is 6.06. The van der Waals surface area contributed by atoms with E-state index in [0.717, 1.165) is 12.0 Å². The summed E-state index contributed by atoms with van der Waals surface area (Å²) in [5.41, 5.74) is 1.55. The van der Waals surface area contributed by atoms with Crippen LogP contribution in [0.25, 0.3) is 0 Å². The number of aromatic nitrogens is 3. The van der Waals surface area contributed by atoms with Crippen LogP contribution in [0.1, 0.15) is 29.8 Å². The summed E-state index contributed by atoms with van der Waals surface area (Å²) in [5, 5.41) is 7.78. The van der Waals surface area contributed by atoms with Gasteiger partial charge in [-0.05, 0) is 24.0 Å². The van der Waals surface area contributed by atoms with Crippen LogP contribution in [0.15, 0.2) is 30.6 Å². The van der Waals surface area contributed by atoms with Crippen molar-refractivity contribution in [1.82, 2.24) is 19.7 Å². The van der Waals surface area contributed by atoms with Gasteiger partial charge in [-0.25, -0.2) is 0 Å². The van der Waals surface area contributed by atoms with Crippen LogP contribution in [-0.2, 0) is 35.0 Å². The van der Waals surface area contributed by atoms with Gasteiger partial charge in [-0.3, -0.25) is 14.5 Å². The first kappa shape index (κ1) is 13.2. The molecular formula is C16H16N4O2. The summed E-state index contributed by atoms with van der Waals surface area (Å²) in [5.74, 6) is 0.403. The van der Waals surface area contributed by atoms with Crippen molar-refractivity contribution in [3.8, 4) is 0 Å². The maximum atomic E-state index is 13.0. The Hall–Kier alpha value is -2.50. The van der Waals surface area contributed by atoms with Gasteiger partial charge in [0.15, 0.2) is 5.82 Å². The molecule has 0 N–H and O–H groups in total. The van der Waals surface area contributed by atoms with E-state index in [9.17, 15) is 9.59 Å². The van der Waals surface area contributed by atoms with Crippen molar-refractivity contribution in [2.75, 3.05) is 0 Å². The largest absolute Gasteiger partial charge is 0.319 e. The van der Waals surface area contributed by atoms with E-state index in [-0.39, 0.29) is 24.8 Å². The Bertz CT molecular complexity index is 782. The maximum absolute atomic E-state index is 13.0. The summed E-state index contributed by atoms with van der Waals surface area (Å²) < 4.78 is 1.73. The summed E-state index contributed by atoms with van der Waals surface area (Å²) in [6, 6.07) is 7.96. The molecule has 0 unspecified atom stereocenters. The van der Waals surface area contributed by atoms with Gasteiger partial charge in [0.25, 0.3) is 0 Å². The normalized spacial score (nSPS) is 23.6. The van der Waals surface area contributed by atoms with Crippen LogP contribution in [0.2, 0.25) is 0 Å². The van der Waals surface area contributed by atoms with Crippen LogP contribution in [0.4, 0.5) is 0 Å². The van der Waals surface area contributed by atoms with Gasteiger partial charge in [0.05, 0.1) is 12.0 Å². The number of hydrogen-bond acceptors (Lipinski definition) is 4. The second-order valence-corrected chi connectivity index (χ2v) is 6.06. The van der Waals surface area contributed by atoms with Crippen molar-refractivity contribution in [3.63, 3.8) is 0 Å². The molecule has 0 radical (unpaired) electrons. The molecule has 0 saturated carbocycles. The summed E-state index contributed by atoms with van der Waals surface area (Å²) in [4.78, 5) is 26.8. The van der Waals surface area contributed by atoms with Crippen LogP contribution >= 0.6 is 0 Å². The molecule has 2 amide bonds. The number of amides is 2. The fraction of sp³-hybridized carbons (Fsp3) is 0.375. The van der Waals surface area contributed by atoms with Crippen LogP contribution in [0, 0.1) is 0 Å². The maximum Gasteiger partial charge on any atom is 0.240 e. The molecular weight excluding hydrogens is 280 g/mol. The summed E-state index contributed by atoms with van der Waals surface area (Å²) in [7, 11) is 1.81. The zero-order chi connectivity index (χ0) is 15.3. The quantitative estimate of drug-likeness (QED) is 0.774. The number of likely N-dealkylation sites (tertiary alicyclic amines) is 1. The first-order valence-corrected chi connectivity index (χ1v) is 7.38. The molecule has 112 valence electrons. The predicted molar refractivity (Wildman–Crippen MR) is 77.6 cm³/mol. The highest BCUT2D eigenvalue weighted by Crippen LogP contribution is 2.46. The minimum Gasteiger partial charge on any atom is -0.319 e. The third-order valence-corrected chi connectivity index (χ3v) is 4.87. The van der Waals surface area contributed by atoms with E-state index in [1.54, 1.807) is 17.9 Å². The molecule has 1 aliphatic heterocycles. The molecule has 1 aromatic carbocycles. The fourth-order valence-corrected chi connectivity index (χ4v) is 3.65. The number of nitrogens with zero attached hydrogens (tertiary/aromatic N) is 4. The van der Waals surface area contributed by atoms with E-state index >= 15 is 0 Å². The molecule has 2 heterocycles. The van der Waals surface area contributed by atoms with Crippen LogP contribution in [-0.4, -0.2) is 31.5 Å². The molecule has 1 aromatic heterocycles. The Morgan fingerprint density at radius 3 is 2.86 bits per heavy atom. The average molecular weight is 296 g/mol. The SMILES string of the molecule is Cn1cnnc1CN1C(=O)C[C@]2(CCc3ccccc32)C1=O. The van der Waals surface area contributed by atoms with Gasteiger partial charge >= 0.3 is 0 Å². The van der Waals surface area contributed by atoms with Gasteiger partial charge in [-0.2, -0.15) is 0 Å². The van der Waals surface area contributed by atoms with E-state index in [1.165, 1.54) is 10.5 Å². The number of benzene rings is 1. The smallest absolute Gasteiger partial charge is 0.240 e. The average Bonchev–Trinajstić information content (AvgIpc) is 3.15. The zero-order valence-electron chi connectivity index (χ0n) is 12.3. The Kier molecular flexibility index (Phi) is 2.69. The van der Waals surface area contributed by atoms with Gasteiger partial charge in [0.1, 0.15) is 6.33 Å². The summed E-state index contributed by atoms with van der Waals surface area (Å²) in [6.45, 7) is 0.193. The lowest BCUT2D eigenvalue weighted by atomic mass is 9.80. The van der Waals surface area contributed by atoms with Gasteiger partial charge < -0.3 is 4.57 Å². The first-order chi connectivity index (χ1) is 10.6. The van der Waals surface area contributed by atoms with Crippen molar-refractivity contribution in [2.45, 2.75) is 31.2 Å². The summed E-state index contributed by atoms with van der Waals surface area (Å²) in [6.07, 6.45) is 3.40. The molecule has 1 spiro atoms. The minimum absolute atomic E-state index is 0.0922. The topological polar surface area (TPSA) is 68.1 Å². The predicted octanol–water partition coefficient (Wildman–Crippen LogP) is 0.958. The Labute approximate surface area is 127 Å². The minimum atomic E-state index is -0.660. The lowest BCUT2D eigenvalue weighted by Gasteiger charge is -2.22. The monoisotopic (exact) mass is 296 g/mol. The number of rotatable bonds is 2. The Balaban J connectivity index is 1.70. The lowest BCUT2D eigenvalue weighted by molar-refractivity contribution is -0.140. The molecule has 0 bridgehead atoms. The van der Waals surface area contributed by atoms with E-state index in [4.69, 9.17) is 0 Å². The second kappa shape index (κ2) is 4.50. The number of imide groups is 1. The van der Waals surface area contributed by atoms with E-state index in [2.05, 4.69) is 10.2 Å². The molecule has 1 saturated heterocycles.